The number of para-hydroxylation sites is 1. The van der Waals surface area contributed by atoms with Crippen molar-refractivity contribution in [1.82, 2.24) is 5.32 Å². The van der Waals surface area contributed by atoms with Gasteiger partial charge in [-0.05, 0) is 30.2 Å². The summed E-state index contributed by atoms with van der Waals surface area (Å²) in [7, 11) is 1.69. The zero-order valence-electron chi connectivity index (χ0n) is 12.0. The van der Waals surface area contributed by atoms with Gasteiger partial charge < -0.3 is 19.9 Å². The molecule has 0 spiro atoms. The van der Waals surface area contributed by atoms with Gasteiger partial charge in [0, 0.05) is 18.2 Å². The third-order valence-electron chi connectivity index (χ3n) is 3.76. The van der Waals surface area contributed by atoms with E-state index in [2.05, 4.69) is 11.4 Å². The average molecular weight is 285 g/mol. The van der Waals surface area contributed by atoms with Crippen molar-refractivity contribution in [2.24, 2.45) is 0 Å². The van der Waals surface area contributed by atoms with Crippen LogP contribution in [0.1, 0.15) is 17.2 Å². The van der Waals surface area contributed by atoms with Crippen LogP contribution in [0.3, 0.4) is 0 Å². The van der Waals surface area contributed by atoms with Crippen LogP contribution in [0.2, 0.25) is 0 Å². The second kappa shape index (κ2) is 6.06. The van der Waals surface area contributed by atoms with Gasteiger partial charge in [-0.1, -0.05) is 18.2 Å². The molecule has 2 aromatic carbocycles. The minimum Gasteiger partial charge on any atom is -0.508 e. The standard InChI is InChI=1S/C17H19NO3/c1-20-16-5-3-2-4-12(16)8-9-18-15-11-21-17-10-13(19)6-7-14(15)17/h2-7,10,15,18-19H,8-9,11H2,1H3. The highest BCUT2D eigenvalue weighted by atomic mass is 16.5. The first-order valence-corrected chi connectivity index (χ1v) is 7.09. The van der Waals surface area contributed by atoms with Gasteiger partial charge in [0.1, 0.15) is 23.9 Å². The minimum atomic E-state index is 0.176. The molecular weight excluding hydrogens is 266 g/mol. The van der Waals surface area contributed by atoms with Gasteiger partial charge >= 0.3 is 0 Å². The van der Waals surface area contributed by atoms with Crippen molar-refractivity contribution in [2.45, 2.75) is 12.5 Å². The van der Waals surface area contributed by atoms with Crippen LogP contribution in [0.4, 0.5) is 0 Å². The summed E-state index contributed by atoms with van der Waals surface area (Å²) in [5.41, 5.74) is 2.30. The number of phenolic OH excluding ortho intramolecular Hbond substituents is 1. The molecule has 4 heteroatoms. The number of ether oxygens (including phenoxy) is 2. The molecule has 1 unspecified atom stereocenters. The molecule has 1 heterocycles. The van der Waals surface area contributed by atoms with Crippen LogP contribution in [0, 0.1) is 0 Å². The number of methoxy groups -OCH3 is 1. The number of aromatic hydroxyl groups is 1. The first-order chi connectivity index (χ1) is 10.3. The molecule has 0 aliphatic carbocycles. The molecule has 21 heavy (non-hydrogen) atoms. The molecule has 0 bridgehead atoms. The molecule has 4 nitrogen and oxygen atoms in total. The summed E-state index contributed by atoms with van der Waals surface area (Å²) < 4.78 is 10.9. The summed E-state index contributed by atoms with van der Waals surface area (Å²) in [4.78, 5) is 0. The molecule has 0 saturated carbocycles. The second-order valence-corrected chi connectivity index (χ2v) is 5.10. The highest BCUT2D eigenvalue weighted by Crippen LogP contribution is 2.34. The summed E-state index contributed by atoms with van der Waals surface area (Å²) >= 11 is 0. The fraction of sp³-hybridized carbons (Fsp3) is 0.294. The molecule has 3 rings (SSSR count). The van der Waals surface area contributed by atoms with Gasteiger partial charge in [-0.25, -0.2) is 0 Å². The molecule has 0 amide bonds. The van der Waals surface area contributed by atoms with Crippen LogP contribution in [0.5, 0.6) is 17.2 Å². The van der Waals surface area contributed by atoms with Crippen molar-refractivity contribution in [2.75, 3.05) is 20.3 Å². The Bertz CT molecular complexity index is 627. The molecule has 2 N–H and O–H groups in total. The zero-order chi connectivity index (χ0) is 14.7. The van der Waals surface area contributed by atoms with Gasteiger partial charge in [0.05, 0.1) is 13.2 Å². The predicted molar refractivity (Wildman–Crippen MR) is 81.0 cm³/mol. The molecular formula is C17H19NO3. The largest absolute Gasteiger partial charge is 0.508 e. The number of benzene rings is 2. The van der Waals surface area contributed by atoms with Crippen LogP contribution < -0.4 is 14.8 Å². The van der Waals surface area contributed by atoms with E-state index in [1.807, 2.05) is 24.3 Å². The van der Waals surface area contributed by atoms with Crippen molar-refractivity contribution in [1.29, 1.82) is 0 Å². The van der Waals surface area contributed by atoms with E-state index in [-0.39, 0.29) is 11.8 Å². The first-order valence-electron chi connectivity index (χ1n) is 7.09. The van der Waals surface area contributed by atoms with Crippen LogP contribution >= 0.6 is 0 Å². The summed E-state index contributed by atoms with van der Waals surface area (Å²) in [6.07, 6.45) is 0.897. The van der Waals surface area contributed by atoms with E-state index in [1.165, 1.54) is 5.56 Å². The molecule has 2 aromatic rings. The topological polar surface area (TPSA) is 50.7 Å². The molecule has 1 atom stereocenters. The third-order valence-corrected chi connectivity index (χ3v) is 3.76. The normalized spacial score (nSPS) is 16.3. The average Bonchev–Trinajstić information content (AvgIpc) is 2.90. The SMILES string of the molecule is COc1ccccc1CCNC1COc2cc(O)ccc21. The van der Waals surface area contributed by atoms with E-state index >= 15 is 0 Å². The number of phenols is 1. The maximum Gasteiger partial charge on any atom is 0.127 e. The van der Waals surface area contributed by atoms with E-state index < -0.39 is 0 Å². The van der Waals surface area contributed by atoms with Crippen molar-refractivity contribution in [3.05, 3.63) is 53.6 Å². The smallest absolute Gasteiger partial charge is 0.127 e. The van der Waals surface area contributed by atoms with Gasteiger partial charge in [-0.3, -0.25) is 0 Å². The van der Waals surface area contributed by atoms with E-state index in [9.17, 15) is 5.11 Å². The van der Waals surface area contributed by atoms with E-state index in [0.29, 0.717) is 6.61 Å². The third kappa shape index (κ3) is 2.95. The Morgan fingerprint density at radius 3 is 3.00 bits per heavy atom. The fourth-order valence-corrected chi connectivity index (χ4v) is 2.66. The van der Waals surface area contributed by atoms with Crippen LogP contribution in [0.15, 0.2) is 42.5 Å². The monoisotopic (exact) mass is 285 g/mol. The van der Waals surface area contributed by atoms with Gasteiger partial charge in [-0.15, -0.1) is 0 Å². The number of rotatable bonds is 5. The number of hydrogen-bond donors (Lipinski definition) is 2. The number of fused-ring (bicyclic) bond motifs is 1. The Kier molecular flexibility index (Phi) is 3.97. The van der Waals surface area contributed by atoms with Crippen molar-refractivity contribution in [3.63, 3.8) is 0 Å². The van der Waals surface area contributed by atoms with Gasteiger partial charge in [0.15, 0.2) is 0 Å². The molecule has 1 aliphatic heterocycles. The van der Waals surface area contributed by atoms with E-state index in [0.717, 1.165) is 30.0 Å². The molecule has 0 fully saturated rings. The maximum absolute atomic E-state index is 9.45. The Hall–Kier alpha value is -2.20. The highest BCUT2D eigenvalue weighted by Gasteiger charge is 2.23. The lowest BCUT2D eigenvalue weighted by molar-refractivity contribution is 0.311. The van der Waals surface area contributed by atoms with E-state index in [1.54, 1.807) is 19.2 Å². The summed E-state index contributed by atoms with van der Waals surface area (Å²) in [5.74, 6) is 1.93. The second-order valence-electron chi connectivity index (χ2n) is 5.10. The van der Waals surface area contributed by atoms with Gasteiger partial charge in [0.2, 0.25) is 0 Å². The van der Waals surface area contributed by atoms with Crippen LogP contribution in [-0.2, 0) is 6.42 Å². The molecule has 0 aromatic heterocycles. The lowest BCUT2D eigenvalue weighted by Gasteiger charge is -2.13. The Morgan fingerprint density at radius 2 is 2.14 bits per heavy atom. The Labute approximate surface area is 124 Å². The molecule has 110 valence electrons. The first kappa shape index (κ1) is 13.8. The van der Waals surface area contributed by atoms with Crippen molar-refractivity contribution >= 4 is 0 Å². The van der Waals surface area contributed by atoms with Gasteiger partial charge in [0.25, 0.3) is 0 Å². The lowest BCUT2D eigenvalue weighted by Crippen LogP contribution is -2.24. The molecule has 0 radical (unpaired) electrons. The van der Waals surface area contributed by atoms with Crippen molar-refractivity contribution in [3.8, 4) is 17.2 Å². The predicted octanol–water partition coefficient (Wildman–Crippen LogP) is 2.67. The summed E-state index contributed by atoms with van der Waals surface area (Å²) in [6.45, 7) is 1.44. The van der Waals surface area contributed by atoms with E-state index in [4.69, 9.17) is 9.47 Å². The van der Waals surface area contributed by atoms with Gasteiger partial charge in [-0.2, -0.15) is 0 Å². The Balaban J connectivity index is 1.60. The molecule has 0 saturated heterocycles. The summed E-state index contributed by atoms with van der Waals surface area (Å²) in [6, 6.07) is 13.5. The van der Waals surface area contributed by atoms with Crippen molar-refractivity contribution < 1.29 is 14.6 Å². The maximum atomic E-state index is 9.45. The van der Waals surface area contributed by atoms with Crippen LogP contribution in [-0.4, -0.2) is 25.4 Å². The Morgan fingerprint density at radius 1 is 1.29 bits per heavy atom. The molecule has 1 aliphatic rings. The highest BCUT2D eigenvalue weighted by molar-refractivity contribution is 5.44. The summed E-state index contributed by atoms with van der Waals surface area (Å²) in [5, 5.41) is 12.9. The quantitative estimate of drug-likeness (QED) is 0.887. The zero-order valence-corrected chi connectivity index (χ0v) is 12.0. The fourth-order valence-electron chi connectivity index (χ4n) is 2.66. The minimum absolute atomic E-state index is 0.176. The number of hydrogen-bond acceptors (Lipinski definition) is 4. The van der Waals surface area contributed by atoms with Crippen LogP contribution in [0.25, 0.3) is 0 Å². The lowest BCUT2D eigenvalue weighted by atomic mass is 10.1. The number of nitrogens with one attached hydrogen (secondary N) is 1.